The van der Waals surface area contributed by atoms with Gasteiger partial charge in [0.1, 0.15) is 16.6 Å². The van der Waals surface area contributed by atoms with Gasteiger partial charge in [-0.1, -0.05) is 0 Å². The molecule has 5 aromatic rings. The second-order valence-corrected chi connectivity index (χ2v) is 9.58. The molecule has 0 unspecified atom stereocenters. The van der Waals surface area contributed by atoms with E-state index in [-0.39, 0.29) is 24.2 Å². The normalized spacial score (nSPS) is 14.0. The van der Waals surface area contributed by atoms with Gasteiger partial charge in [0.25, 0.3) is 5.91 Å². The zero-order valence-electron chi connectivity index (χ0n) is 18.7. The van der Waals surface area contributed by atoms with E-state index in [0.717, 1.165) is 10.9 Å². The molecule has 2 aromatic carbocycles. The van der Waals surface area contributed by atoms with Crippen molar-refractivity contribution in [3.8, 4) is 0 Å². The largest absolute Gasteiger partial charge is 0.383 e. The van der Waals surface area contributed by atoms with Crippen LogP contribution in [0.4, 0.5) is 10.2 Å². The van der Waals surface area contributed by atoms with Crippen LogP contribution >= 0.6 is 11.3 Å². The van der Waals surface area contributed by atoms with Gasteiger partial charge in [0.2, 0.25) is 5.91 Å². The van der Waals surface area contributed by atoms with Crippen LogP contribution in [0.15, 0.2) is 42.6 Å². The number of nitrogens with zero attached hydrogens (tertiary/aromatic N) is 6. The summed E-state index contributed by atoms with van der Waals surface area (Å²) in [6.45, 7) is 0.548. The Kier molecular flexibility index (Phi) is 4.88. The lowest BCUT2D eigenvalue weighted by atomic mass is 10.1. The Bertz CT molecular complexity index is 1660. The minimum absolute atomic E-state index is 0.102. The van der Waals surface area contributed by atoms with Crippen molar-refractivity contribution in [1.29, 1.82) is 0 Å². The number of fused-ring (bicyclic) bond motifs is 4. The number of aryl methyl sites for hydroxylation is 1. The van der Waals surface area contributed by atoms with Crippen molar-refractivity contribution in [2.45, 2.75) is 19.4 Å². The first-order valence-corrected chi connectivity index (χ1v) is 11.9. The summed E-state index contributed by atoms with van der Waals surface area (Å²) >= 11 is 1.30. The fraction of sp³-hybridized carbons (Fsp3) is 0.208. The van der Waals surface area contributed by atoms with Crippen LogP contribution in [0.1, 0.15) is 28.2 Å². The van der Waals surface area contributed by atoms with E-state index >= 15 is 0 Å². The molecule has 3 aromatic heterocycles. The molecule has 0 saturated carbocycles. The number of hydrogen-bond acceptors (Lipinski definition) is 7. The lowest BCUT2D eigenvalue weighted by molar-refractivity contribution is -0.140. The van der Waals surface area contributed by atoms with Crippen molar-refractivity contribution in [3.63, 3.8) is 0 Å². The van der Waals surface area contributed by atoms with E-state index in [1.807, 2.05) is 0 Å². The second-order valence-electron chi connectivity index (χ2n) is 8.46. The topological polar surface area (TPSA) is 110 Å². The van der Waals surface area contributed by atoms with Gasteiger partial charge in [0.15, 0.2) is 0 Å². The molecule has 0 atom stereocenters. The molecule has 9 nitrogen and oxygen atoms in total. The summed E-state index contributed by atoms with van der Waals surface area (Å²) in [5.41, 5.74) is 8.57. The molecule has 1 saturated heterocycles. The number of pyridine rings is 1. The summed E-state index contributed by atoms with van der Waals surface area (Å²) in [5, 5.41) is 9.27. The average molecular weight is 490 g/mol. The van der Waals surface area contributed by atoms with Gasteiger partial charge in [-0.2, -0.15) is 5.10 Å². The third-order valence-corrected chi connectivity index (χ3v) is 7.21. The number of thiazole rings is 1. The Morgan fingerprint density at radius 3 is 2.80 bits per heavy atom. The minimum Gasteiger partial charge on any atom is -0.383 e. The minimum atomic E-state index is -0.345. The van der Waals surface area contributed by atoms with Gasteiger partial charge in [0, 0.05) is 31.0 Å². The number of hydrogen-bond donors (Lipinski definition) is 1. The molecular formula is C24H20FN7O2S. The first-order chi connectivity index (χ1) is 16.9. The van der Waals surface area contributed by atoms with Crippen molar-refractivity contribution in [3.05, 3.63) is 59.0 Å². The van der Waals surface area contributed by atoms with Gasteiger partial charge in [-0.3, -0.25) is 19.3 Å². The number of aromatic nitrogens is 4. The van der Waals surface area contributed by atoms with Crippen LogP contribution in [-0.4, -0.2) is 48.1 Å². The Morgan fingerprint density at radius 2 is 2.00 bits per heavy atom. The van der Waals surface area contributed by atoms with Gasteiger partial charge in [-0.05, 0) is 42.8 Å². The number of hydrazine groups is 1. The Labute approximate surface area is 202 Å². The highest BCUT2D eigenvalue weighted by Gasteiger charge is 2.31. The number of benzene rings is 2. The fourth-order valence-electron chi connectivity index (χ4n) is 4.54. The van der Waals surface area contributed by atoms with Gasteiger partial charge in [0.05, 0.1) is 39.4 Å². The van der Waals surface area contributed by atoms with E-state index in [4.69, 9.17) is 5.73 Å². The molecule has 6 rings (SSSR count). The van der Waals surface area contributed by atoms with E-state index in [9.17, 15) is 14.0 Å². The van der Waals surface area contributed by atoms with Crippen LogP contribution in [0.3, 0.4) is 0 Å². The number of carbonyl (C=O) groups excluding carboxylic acids is 2. The zero-order chi connectivity index (χ0) is 24.3. The smallest absolute Gasteiger partial charge is 0.272 e. The monoisotopic (exact) mass is 489 g/mol. The first-order valence-electron chi connectivity index (χ1n) is 11.1. The van der Waals surface area contributed by atoms with Gasteiger partial charge in [-0.25, -0.2) is 19.4 Å². The molecule has 1 aliphatic rings. The summed E-state index contributed by atoms with van der Waals surface area (Å²) in [7, 11) is 1.81. The number of anilines is 1. The van der Waals surface area contributed by atoms with E-state index in [1.165, 1.54) is 33.5 Å². The van der Waals surface area contributed by atoms with Crippen molar-refractivity contribution in [2.24, 2.45) is 7.05 Å². The molecule has 11 heteroatoms. The maximum absolute atomic E-state index is 13.8. The number of nitrogens with two attached hydrogens (primary N) is 1. The molecule has 1 aliphatic heterocycles. The highest BCUT2D eigenvalue weighted by molar-refractivity contribution is 7.18. The van der Waals surface area contributed by atoms with E-state index in [1.54, 1.807) is 42.2 Å². The molecule has 2 N–H and O–H groups in total. The highest BCUT2D eigenvalue weighted by atomic mass is 32.1. The molecule has 1 fully saturated rings. The molecule has 0 bridgehead atoms. The molecular weight excluding hydrogens is 469 g/mol. The number of halogens is 1. The van der Waals surface area contributed by atoms with Crippen LogP contribution in [0, 0.1) is 5.82 Å². The molecule has 0 spiro atoms. The lowest BCUT2D eigenvalue weighted by Gasteiger charge is -2.31. The number of carbonyl (C=O) groups is 2. The fourth-order valence-corrected chi connectivity index (χ4v) is 5.51. The van der Waals surface area contributed by atoms with Gasteiger partial charge < -0.3 is 5.73 Å². The van der Waals surface area contributed by atoms with Crippen LogP contribution < -0.4 is 5.73 Å². The SMILES string of the molecule is Cn1ncc2c(N)nc3ccc(C(=O)N(Cc4nc5ccc(F)cc5s4)N4CCCC4=O)cc3c21. The van der Waals surface area contributed by atoms with Crippen LogP contribution in [-0.2, 0) is 18.4 Å². The maximum atomic E-state index is 13.8. The van der Waals surface area contributed by atoms with E-state index in [2.05, 4.69) is 15.1 Å². The molecule has 0 aliphatic carbocycles. The van der Waals surface area contributed by atoms with Crippen molar-refractivity contribution >= 4 is 61.0 Å². The molecule has 2 amide bonds. The standard InChI is InChI=1S/C24H20FN7O2S/c1-30-22-15-9-13(4-6-17(15)29-23(26)16(22)11-27-30)24(34)32(31-8-2-3-21(31)33)12-20-28-18-7-5-14(25)10-19(18)35-20/h4-7,9-11H,2-3,8,12H2,1H3,(H2,26,29). The van der Waals surface area contributed by atoms with Crippen LogP contribution in [0.5, 0.6) is 0 Å². The maximum Gasteiger partial charge on any atom is 0.272 e. The molecule has 176 valence electrons. The number of amides is 2. The predicted octanol–water partition coefficient (Wildman–Crippen LogP) is 3.63. The molecule has 4 heterocycles. The summed E-state index contributed by atoms with van der Waals surface area (Å²) in [6, 6.07) is 9.57. The van der Waals surface area contributed by atoms with Crippen molar-refractivity contribution < 1.29 is 14.0 Å². The van der Waals surface area contributed by atoms with Crippen LogP contribution in [0.2, 0.25) is 0 Å². The Hall–Kier alpha value is -4.12. The van der Waals surface area contributed by atoms with Crippen LogP contribution in [0.25, 0.3) is 32.0 Å². The summed E-state index contributed by atoms with van der Waals surface area (Å²) < 4.78 is 16.1. The van der Waals surface area contributed by atoms with Gasteiger partial charge in [-0.15, -0.1) is 11.3 Å². The number of nitrogen functional groups attached to an aromatic ring is 1. The quantitative estimate of drug-likeness (QED) is 0.413. The third-order valence-electron chi connectivity index (χ3n) is 6.21. The Morgan fingerprint density at radius 1 is 1.17 bits per heavy atom. The summed E-state index contributed by atoms with van der Waals surface area (Å²) in [4.78, 5) is 35.4. The zero-order valence-corrected chi connectivity index (χ0v) is 19.5. The lowest BCUT2D eigenvalue weighted by Crippen LogP contribution is -2.46. The number of rotatable bonds is 4. The van der Waals surface area contributed by atoms with E-state index in [0.29, 0.717) is 56.9 Å². The summed E-state index contributed by atoms with van der Waals surface area (Å²) in [5.74, 6) is -0.423. The second kappa shape index (κ2) is 7.98. The van der Waals surface area contributed by atoms with E-state index < -0.39 is 0 Å². The van der Waals surface area contributed by atoms with Crippen molar-refractivity contribution in [1.82, 2.24) is 29.8 Å². The predicted molar refractivity (Wildman–Crippen MR) is 131 cm³/mol. The summed E-state index contributed by atoms with van der Waals surface area (Å²) in [6.07, 6.45) is 2.70. The van der Waals surface area contributed by atoms with Gasteiger partial charge >= 0.3 is 0 Å². The third kappa shape index (κ3) is 3.55. The average Bonchev–Trinajstić information content (AvgIpc) is 3.55. The first kappa shape index (κ1) is 21.4. The highest BCUT2D eigenvalue weighted by Crippen LogP contribution is 2.30. The molecule has 0 radical (unpaired) electrons. The molecule has 35 heavy (non-hydrogen) atoms. The van der Waals surface area contributed by atoms with Crippen molar-refractivity contribution in [2.75, 3.05) is 12.3 Å². The Balaban J connectivity index is 1.43.